The molecule has 12 nitrogen and oxygen atoms in total. The first-order valence-corrected chi connectivity index (χ1v) is 17.9. The average Bonchev–Trinajstić information content (AvgIpc) is 2.91. The average molecular weight is 709 g/mol. The molecule has 252 valence electrons. The Morgan fingerprint density at radius 2 is 0.400 bits per heavy atom. The second-order valence-electron chi connectivity index (χ2n) is 5.67. The van der Waals surface area contributed by atoms with Crippen LogP contribution in [0.25, 0.3) is 0 Å². The molecule has 0 radical (unpaired) electrons. The summed E-state index contributed by atoms with van der Waals surface area (Å²) < 4.78 is 61.2. The molecule has 0 aromatic rings. The van der Waals surface area contributed by atoms with Crippen LogP contribution in [0.1, 0.15) is 76.2 Å². The Morgan fingerprint density at radius 1 is 0.275 bits per heavy atom. The summed E-state index contributed by atoms with van der Waals surface area (Å²) >= 11 is 0. The van der Waals surface area contributed by atoms with Crippen molar-refractivity contribution in [2.45, 2.75) is 76.2 Å². The fraction of sp³-hybridized carbons (Fsp3) is 1.00. The zero-order valence-electron chi connectivity index (χ0n) is 26.8. The summed E-state index contributed by atoms with van der Waals surface area (Å²) in [4.78, 5) is 0. The van der Waals surface area contributed by atoms with Crippen LogP contribution < -0.4 is 0 Å². The Morgan fingerprint density at radius 3 is 0.500 bits per heavy atom. The van der Waals surface area contributed by atoms with Crippen molar-refractivity contribution in [2.75, 3.05) is 79.8 Å². The van der Waals surface area contributed by atoms with E-state index in [1.54, 1.807) is 7.11 Å². The van der Waals surface area contributed by atoms with Gasteiger partial charge in [-0.1, -0.05) is 0 Å². The Bertz CT molecular complexity index is 325. The Hall–Kier alpha value is 1.73. The minimum Gasteiger partial charge on any atom is -0.316 e. The van der Waals surface area contributed by atoms with Crippen molar-refractivity contribution >= 4 is 34.4 Å². The van der Waals surface area contributed by atoms with E-state index in [1.165, 1.54) is 0 Å². The van der Waals surface area contributed by atoms with E-state index in [1.807, 2.05) is 76.2 Å². The Labute approximate surface area is 260 Å². The van der Waals surface area contributed by atoms with E-state index in [4.69, 9.17) is 54.3 Å². The van der Waals surface area contributed by atoms with Gasteiger partial charge in [0.05, 0.1) is 72.7 Å². The van der Waals surface area contributed by atoms with Gasteiger partial charge in [-0.05, 0) is 76.2 Å². The Kier molecular flexibility index (Phi) is 61.1. The molecule has 0 aromatic carbocycles. The normalized spacial score (nSPS) is 10.5. The van der Waals surface area contributed by atoms with E-state index >= 15 is 0 Å². The smallest absolute Gasteiger partial charge is 0.316 e. The van der Waals surface area contributed by atoms with E-state index in [2.05, 4.69) is 0 Å². The molecule has 0 spiro atoms. The maximum atomic E-state index is 5.14. The minimum atomic E-state index is -1.06. The third-order valence-electron chi connectivity index (χ3n) is 2.73. The van der Waals surface area contributed by atoms with Gasteiger partial charge in [-0.3, -0.25) is 0 Å². The van der Waals surface area contributed by atoms with Crippen LogP contribution in [0.5, 0.6) is 0 Å². The monoisotopic (exact) mass is 708 g/mol. The van der Waals surface area contributed by atoms with Gasteiger partial charge in [0.2, 0.25) is 0 Å². The topological polar surface area (TPSA) is 111 Å². The van der Waals surface area contributed by atoms with E-state index in [-0.39, 0.29) is 16.5 Å². The summed E-state index contributed by atoms with van der Waals surface area (Å²) in [5.41, 5.74) is 0. The molecule has 0 fully saturated rings. The van der Waals surface area contributed by atoms with Crippen LogP contribution in [-0.2, 0) is 70.8 Å². The Balaban J connectivity index is -0.000000135. The molecule has 0 aromatic heterocycles. The molecule has 0 heterocycles. The van der Waals surface area contributed by atoms with Gasteiger partial charge in [0.15, 0.2) is 0 Å². The second kappa shape index (κ2) is 47.7. The van der Waals surface area contributed by atoms with Crippen LogP contribution in [0, 0.1) is 0 Å². The molecule has 40 heavy (non-hydrogen) atoms. The van der Waals surface area contributed by atoms with Crippen molar-refractivity contribution in [1.29, 1.82) is 0 Å². The quantitative estimate of drug-likeness (QED) is 0.0746. The minimum absolute atomic E-state index is 0. The van der Waals surface area contributed by atoms with E-state index < -0.39 is 34.4 Å². The summed E-state index contributed by atoms with van der Waals surface area (Å²) in [5.74, 6) is 0. The van der Waals surface area contributed by atoms with Gasteiger partial charge in [0.25, 0.3) is 0 Å². The number of hydrogen-bond donors (Lipinski definition) is 0. The summed E-state index contributed by atoms with van der Waals surface area (Å²) in [6, 6.07) is 0. The van der Waals surface area contributed by atoms with Crippen LogP contribution in [0.2, 0.25) is 0 Å². The van der Waals surface area contributed by atoms with Gasteiger partial charge in [0.1, 0.15) is 0 Å². The molecule has 0 aliphatic carbocycles. The van der Waals surface area contributed by atoms with Crippen molar-refractivity contribution in [2.24, 2.45) is 0 Å². The molecule has 0 N–H and O–H groups in total. The first-order chi connectivity index (χ1) is 18.9. The summed E-state index contributed by atoms with van der Waals surface area (Å²) in [6.45, 7) is 28.2. The molecular weight excluding hydrogens is 651 g/mol. The van der Waals surface area contributed by atoms with Crippen LogP contribution >= 0.6 is 34.4 Å². The predicted octanol–water partition coefficient (Wildman–Crippen LogP) is 8.90. The summed E-state index contributed by atoms with van der Waals surface area (Å²) in [7, 11) is -2.66. The van der Waals surface area contributed by atoms with Crippen LogP contribution in [0.3, 0.4) is 0 Å². The standard InChI is InChI=1S/3C6H15O3P.C5H13O3P.Ni/c3*1-4-7-10(8-5-2)9-6-3;1-4-7-9(6-3)8-5-2;/h3*4-6H2,1-3H3;4-5H2,1-3H3;. The molecule has 0 saturated heterocycles. The van der Waals surface area contributed by atoms with Gasteiger partial charge < -0.3 is 54.3 Å². The maximum absolute atomic E-state index is 5.14. The van der Waals surface area contributed by atoms with Crippen molar-refractivity contribution in [3.63, 3.8) is 0 Å². The number of rotatable bonds is 23. The third kappa shape index (κ3) is 44.2. The van der Waals surface area contributed by atoms with Crippen LogP contribution in [0.4, 0.5) is 0 Å². The molecule has 17 heteroatoms. The van der Waals surface area contributed by atoms with E-state index in [0.717, 1.165) is 0 Å². The number of hydrogen-bond acceptors (Lipinski definition) is 12. The molecule has 0 aliphatic heterocycles. The largest absolute Gasteiger partial charge is 0.332 e. The first-order valence-electron chi connectivity index (χ1n) is 13.6. The molecule has 0 amide bonds. The molecule has 0 bridgehead atoms. The zero-order valence-corrected chi connectivity index (χ0v) is 31.3. The first kappa shape index (κ1) is 51.3. The molecule has 0 unspecified atom stereocenters. The second-order valence-corrected chi connectivity index (χ2v) is 10.7. The van der Waals surface area contributed by atoms with Gasteiger partial charge in [-0.2, -0.15) is 0 Å². The van der Waals surface area contributed by atoms with Gasteiger partial charge in [0, 0.05) is 23.6 Å². The molecular formula is C23H58NiO12P4. The van der Waals surface area contributed by atoms with Crippen LogP contribution in [-0.4, -0.2) is 79.8 Å². The maximum Gasteiger partial charge on any atom is 0.332 e. The SMILES string of the molecule is CCOP(OC)OCC.CCOP(OCC)OCC.CCOP(OCC)OCC.CCOP(OCC)OCC.[Ni]. The van der Waals surface area contributed by atoms with Crippen molar-refractivity contribution < 1.29 is 70.8 Å². The predicted molar refractivity (Wildman–Crippen MR) is 163 cm³/mol. The third-order valence-corrected chi connectivity index (χ3v) is 8.19. The van der Waals surface area contributed by atoms with Crippen molar-refractivity contribution in [3.05, 3.63) is 0 Å². The molecule has 0 aliphatic rings. The fourth-order valence-corrected chi connectivity index (χ4v) is 4.91. The summed E-state index contributed by atoms with van der Waals surface area (Å²) in [6.07, 6.45) is 0. The fourth-order valence-electron chi connectivity index (χ4n) is 1.64. The molecule has 0 rings (SSSR count). The van der Waals surface area contributed by atoms with Crippen molar-refractivity contribution in [3.8, 4) is 0 Å². The molecule has 0 atom stereocenters. The molecule has 0 saturated carbocycles. The van der Waals surface area contributed by atoms with Crippen molar-refractivity contribution in [1.82, 2.24) is 0 Å². The van der Waals surface area contributed by atoms with Crippen LogP contribution in [0.15, 0.2) is 0 Å². The summed E-state index contributed by atoms with van der Waals surface area (Å²) in [5, 5.41) is 0. The zero-order chi connectivity index (χ0) is 30.6. The van der Waals surface area contributed by atoms with Gasteiger partial charge >= 0.3 is 34.4 Å². The van der Waals surface area contributed by atoms with Gasteiger partial charge in [-0.25, -0.2) is 0 Å². The van der Waals surface area contributed by atoms with E-state index in [0.29, 0.717) is 72.7 Å². The van der Waals surface area contributed by atoms with Gasteiger partial charge in [-0.15, -0.1) is 0 Å². The van der Waals surface area contributed by atoms with E-state index in [9.17, 15) is 0 Å².